The Balaban J connectivity index is 2.03. The Labute approximate surface area is 167 Å². The number of esters is 2. The molecule has 0 amide bonds. The number of hydrogen-bond donors (Lipinski definition) is 0. The fraction of sp³-hybridized carbons (Fsp3) is 0.565. The Bertz CT molecular complexity index is 729. The average molecular weight is 386 g/mol. The molecule has 0 N–H and O–H groups in total. The van der Waals surface area contributed by atoms with Gasteiger partial charge in [0, 0.05) is 13.0 Å². The molecule has 28 heavy (non-hydrogen) atoms. The first-order chi connectivity index (χ1) is 13.5. The molecule has 1 aliphatic heterocycles. The van der Waals surface area contributed by atoms with Crippen LogP contribution in [-0.4, -0.2) is 49.7 Å². The summed E-state index contributed by atoms with van der Waals surface area (Å²) >= 11 is 0. The van der Waals surface area contributed by atoms with Crippen LogP contribution in [0.2, 0.25) is 0 Å². The third-order valence-electron chi connectivity index (χ3n) is 5.91. The Morgan fingerprint density at radius 3 is 2.29 bits per heavy atom. The number of hydrogen-bond acceptors (Lipinski definition) is 5. The van der Waals surface area contributed by atoms with Crippen LogP contribution in [0.15, 0.2) is 29.8 Å². The van der Waals surface area contributed by atoms with E-state index >= 15 is 0 Å². The van der Waals surface area contributed by atoms with E-state index in [0.29, 0.717) is 6.54 Å². The summed E-state index contributed by atoms with van der Waals surface area (Å²) in [7, 11) is 0. The van der Waals surface area contributed by atoms with Crippen LogP contribution in [0, 0.1) is 11.3 Å². The third kappa shape index (κ3) is 4.00. The molecular formula is C23H31NO4. The van der Waals surface area contributed by atoms with Gasteiger partial charge in [0.05, 0.1) is 13.2 Å². The summed E-state index contributed by atoms with van der Waals surface area (Å²) in [5, 5.41) is 0. The number of likely N-dealkylation sites (tertiary alicyclic amines) is 1. The van der Waals surface area contributed by atoms with E-state index in [1.807, 2.05) is 30.3 Å². The van der Waals surface area contributed by atoms with Crippen LogP contribution in [0.3, 0.4) is 0 Å². The lowest BCUT2D eigenvalue weighted by molar-refractivity contribution is -0.169. The van der Waals surface area contributed by atoms with Crippen LogP contribution >= 0.6 is 0 Å². The average Bonchev–Trinajstić information content (AvgIpc) is 2.69. The highest BCUT2D eigenvalue weighted by Crippen LogP contribution is 2.42. The topological polar surface area (TPSA) is 55.8 Å². The van der Waals surface area contributed by atoms with Crippen LogP contribution in [-0.2, 0) is 25.5 Å². The molecule has 0 radical (unpaired) electrons. The number of nitrogens with zero attached hydrogens (tertiary/aromatic N) is 1. The first-order valence-electron chi connectivity index (χ1n) is 10.4. The van der Waals surface area contributed by atoms with E-state index in [1.54, 1.807) is 13.8 Å². The molecule has 0 spiro atoms. The van der Waals surface area contributed by atoms with Gasteiger partial charge in [-0.25, -0.2) is 0 Å². The van der Waals surface area contributed by atoms with Gasteiger partial charge < -0.3 is 9.47 Å². The van der Waals surface area contributed by atoms with Crippen LogP contribution in [0.4, 0.5) is 0 Å². The zero-order valence-electron chi connectivity index (χ0n) is 17.2. The number of piperidine rings is 1. The molecule has 0 unspecified atom stereocenters. The molecule has 0 bridgehead atoms. The van der Waals surface area contributed by atoms with Crippen molar-refractivity contribution in [2.24, 2.45) is 11.3 Å². The molecule has 5 nitrogen and oxygen atoms in total. The molecule has 0 saturated carbocycles. The molecule has 1 aliphatic carbocycles. The quantitative estimate of drug-likeness (QED) is 0.554. The maximum absolute atomic E-state index is 13.2. The van der Waals surface area contributed by atoms with E-state index in [2.05, 4.69) is 11.8 Å². The van der Waals surface area contributed by atoms with E-state index < -0.39 is 17.4 Å². The van der Waals surface area contributed by atoms with Gasteiger partial charge in [0.15, 0.2) is 5.41 Å². The first kappa shape index (κ1) is 20.6. The maximum atomic E-state index is 13.2. The summed E-state index contributed by atoms with van der Waals surface area (Å²) in [6, 6.07) is 7.92. The monoisotopic (exact) mass is 385 g/mol. The van der Waals surface area contributed by atoms with E-state index in [4.69, 9.17) is 9.47 Å². The van der Waals surface area contributed by atoms with E-state index in [9.17, 15) is 9.59 Å². The zero-order chi connectivity index (χ0) is 20.1. The Morgan fingerprint density at radius 2 is 1.68 bits per heavy atom. The van der Waals surface area contributed by atoms with E-state index in [-0.39, 0.29) is 19.6 Å². The predicted molar refractivity (Wildman–Crippen MR) is 109 cm³/mol. The highest BCUT2D eigenvalue weighted by molar-refractivity contribution is 6.06. The summed E-state index contributed by atoms with van der Waals surface area (Å²) in [6.45, 7) is 8.80. The third-order valence-corrected chi connectivity index (χ3v) is 5.91. The largest absolute Gasteiger partial charge is 0.465 e. The van der Waals surface area contributed by atoms with Gasteiger partial charge >= 0.3 is 11.9 Å². The van der Waals surface area contributed by atoms with Crippen LogP contribution < -0.4 is 0 Å². The summed E-state index contributed by atoms with van der Waals surface area (Å²) in [5.41, 5.74) is 1.42. The van der Waals surface area contributed by atoms with Crippen molar-refractivity contribution in [2.75, 3.05) is 32.8 Å². The maximum Gasteiger partial charge on any atom is 0.328 e. The van der Waals surface area contributed by atoms with Crippen molar-refractivity contribution in [1.29, 1.82) is 0 Å². The summed E-state index contributed by atoms with van der Waals surface area (Å²) in [4.78, 5) is 28.7. The molecule has 1 aromatic rings. The number of carbonyl (C=O) groups is 2. The minimum absolute atomic E-state index is 0.232. The van der Waals surface area contributed by atoms with Gasteiger partial charge in [-0.3, -0.25) is 14.5 Å². The van der Waals surface area contributed by atoms with Gasteiger partial charge in [-0.15, -0.1) is 0 Å². The number of fused-ring (bicyclic) bond motifs is 1. The molecule has 5 heteroatoms. The summed E-state index contributed by atoms with van der Waals surface area (Å²) in [5.74, 6) is -0.281. The van der Waals surface area contributed by atoms with Crippen LogP contribution in [0.25, 0.3) is 6.08 Å². The minimum atomic E-state index is -1.40. The van der Waals surface area contributed by atoms with Crippen molar-refractivity contribution in [2.45, 2.75) is 40.0 Å². The minimum Gasteiger partial charge on any atom is -0.465 e. The Morgan fingerprint density at radius 1 is 1.07 bits per heavy atom. The molecule has 0 aromatic heterocycles. The van der Waals surface area contributed by atoms with Crippen LogP contribution in [0.1, 0.15) is 44.7 Å². The van der Waals surface area contributed by atoms with Gasteiger partial charge in [0.1, 0.15) is 0 Å². The second-order valence-corrected chi connectivity index (χ2v) is 7.85. The van der Waals surface area contributed by atoms with Gasteiger partial charge in [-0.05, 0) is 62.4 Å². The molecule has 1 aromatic carbocycles. The Hall–Kier alpha value is -2.14. The fourth-order valence-electron chi connectivity index (χ4n) is 4.19. The van der Waals surface area contributed by atoms with Crippen molar-refractivity contribution < 1.29 is 19.1 Å². The lowest BCUT2D eigenvalue weighted by Crippen LogP contribution is -2.50. The van der Waals surface area contributed by atoms with Gasteiger partial charge in [-0.1, -0.05) is 37.3 Å². The Kier molecular flexibility index (Phi) is 6.55. The normalized spacial score (nSPS) is 19.5. The molecule has 3 rings (SSSR count). The van der Waals surface area contributed by atoms with Crippen molar-refractivity contribution in [3.63, 3.8) is 0 Å². The van der Waals surface area contributed by atoms with E-state index in [0.717, 1.165) is 48.5 Å². The molecule has 2 aliphatic rings. The molecular weight excluding hydrogens is 354 g/mol. The summed E-state index contributed by atoms with van der Waals surface area (Å²) < 4.78 is 10.8. The smallest absolute Gasteiger partial charge is 0.328 e. The number of rotatable bonds is 6. The van der Waals surface area contributed by atoms with Gasteiger partial charge in [-0.2, -0.15) is 0 Å². The van der Waals surface area contributed by atoms with Crippen molar-refractivity contribution in [3.8, 4) is 0 Å². The van der Waals surface area contributed by atoms with Crippen LogP contribution in [0.5, 0.6) is 0 Å². The molecule has 0 atom stereocenters. The van der Waals surface area contributed by atoms with Crippen molar-refractivity contribution >= 4 is 18.0 Å². The van der Waals surface area contributed by atoms with Gasteiger partial charge in [0.2, 0.25) is 0 Å². The number of benzene rings is 1. The molecule has 152 valence electrons. The number of carbonyl (C=O) groups excluding carboxylic acids is 2. The zero-order valence-corrected chi connectivity index (χ0v) is 17.2. The molecule has 1 fully saturated rings. The second-order valence-electron chi connectivity index (χ2n) is 7.85. The lowest BCUT2D eigenvalue weighted by Gasteiger charge is -2.39. The highest BCUT2D eigenvalue weighted by Gasteiger charge is 2.53. The van der Waals surface area contributed by atoms with Crippen molar-refractivity contribution in [1.82, 2.24) is 4.90 Å². The predicted octanol–water partition coefficient (Wildman–Crippen LogP) is 3.47. The SMILES string of the molecule is CCOC(=O)C1(C(=O)OCC)Cc2ccccc2C=C1CN1CCC(C)CC1. The molecule has 1 saturated heterocycles. The highest BCUT2D eigenvalue weighted by atomic mass is 16.6. The summed E-state index contributed by atoms with van der Waals surface area (Å²) in [6.07, 6.45) is 4.56. The molecule has 1 heterocycles. The lowest BCUT2D eigenvalue weighted by atomic mass is 9.69. The second kappa shape index (κ2) is 8.91. The van der Waals surface area contributed by atoms with Crippen molar-refractivity contribution in [3.05, 3.63) is 41.0 Å². The number of ether oxygens (including phenoxy) is 2. The fourth-order valence-corrected chi connectivity index (χ4v) is 4.19. The van der Waals surface area contributed by atoms with Gasteiger partial charge in [0.25, 0.3) is 0 Å². The standard InChI is InChI=1S/C23H31NO4/c1-4-27-21(25)23(22(26)28-5-2)15-19-9-7-6-8-18(19)14-20(23)16-24-12-10-17(3)11-13-24/h6-9,14,17H,4-5,10-13,15-16H2,1-3H3. The first-order valence-corrected chi connectivity index (χ1v) is 10.4. The van der Waals surface area contributed by atoms with E-state index in [1.165, 1.54) is 0 Å².